The zero-order valence-electron chi connectivity index (χ0n) is 10.4. The van der Waals surface area contributed by atoms with Gasteiger partial charge in [0.1, 0.15) is 11.2 Å². The van der Waals surface area contributed by atoms with Crippen LogP contribution in [-0.4, -0.2) is 23.0 Å². The summed E-state index contributed by atoms with van der Waals surface area (Å²) in [7, 11) is 1.37. The second-order valence-corrected chi connectivity index (χ2v) is 4.58. The zero-order chi connectivity index (χ0) is 12.3. The van der Waals surface area contributed by atoms with Gasteiger partial charge in [-0.1, -0.05) is 13.8 Å². The second-order valence-electron chi connectivity index (χ2n) is 4.58. The number of hydrogen-bond acceptors (Lipinski definition) is 4. The number of carbonyl (C=O) groups is 1. The van der Waals surface area contributed by atoms with Gasteiger partial charge in [0.15, 0.2) is 0 Å². The fourth-order valence-corrected chi connectivity index (χ4v) is 1.34. The normalized spacial score (nSPS) is 11.6. The van der Waals surface area contributed by atoms with Crippen molar-refractivity contribution in [1.29, 1.82) is 0 Å². The SMILES string of the molecule is COC(=O)C(C)(C)c1nccc(C(C)C)n1. The van der Waals surface area contributed by atoms with Gasteiger partial charge in [-0.25, -0.2) is 9.97 Å². The molecule has 0 unspecified atom stereocenters. The Morgan fingerprint density at radius 3 is 2.56 bits per heavy atom. The summed E-state index contributed by atoms with van der Waals surface area (Å²) < 4.78 is 4.75. The first-order chi connectivity index (χ1) is 7.39. The number of nitrogens with zero attached hydrogens (tertiary/aromatic N) is 2. The van der Waals surface area contributed by atoms with Gasteiger partial charge in [0.2, 0.25) is 0 Å². The highest BCUT2D eigenvalue weighted by molar-refractivity contribution is 5.80. The summed E-state index contributed by atoms with van der Waals surface area (Å²) in [5, 5.41) is 0. The van der Waals surface area contributed by atoms with E-state index in [1.165, 1.54) is 7.11 Å². The van der Waals surface area contributed by atoms with Crippen LogP contribution in [0.2, 0.25) is 0 Å². The largest absolute Gasteiger partial charge is 0.468 e. The van der Waals surface area contributed by atoms with Gasteiger partial charge in [0, 0.05) is 11.9 Å². The molecule has 0 atom stereocenters. The Morgan fingerprint density at radius 2 is 2.06 bits per heavy atom. The standard InChI is InChI=1S/C12H18N2O2/c1-8(2)9-6-7-13-10(14-9)12(3,4)11(15)16-5/h6-8H,1-5H3. The van der Waals surface area contributed by atoms with Crippen LogP contribution in [0.25, 0.3) is 0 Å². The summed E-state index contributed by atoms with van der Waals surface area (Å²) in [5.74, 6) is 0.495. The molecule has 0 N–H and O–H groups in total. The van der Waals surface area contributed by atoms with Crippen molar-refractivity contribution in [2.45, 2.75) is 39.0 Å². The third kappa shape index (κ3) is 2.38. The van der Waals surface area contributed by atoms with Crippen molar-refractivity contribution in [3.05, 3.63) is 23.8 Å². The van der Waals surface area contributed by atoms with Gasteiger partial charge < -0.3 is 4.74 Å². The van der Waals surface area contributed by atoms with E-state index in [1.54, 1.807) is 20.0 Å². The molecule has 0 radical (unpaired) electrons. The van der Waals surface area contributed by atoms with Crippen molar-refractivity contribution >= 4 is 5.97 Å². The summed E-state index contributed by atoms with van der Waals surface area (Å²) >= 11 is 0. The molecular weight excluding hydrogens is 204 g/mol. The Hall–Kier alpha value is -1.45. The molecule has 16 heavy (non-hydrogen) atoms. The summed E-state index contributed by atoms with van der Waals surface area (Å²) in [4.78, 5) is 20.2. The Morgan fingerprint density at radius 1 is 1.44 bits per heavy atom. The summed E-state index contributed by atoms with van der Waals surface area (Å²) in [6, 6.07) is 1.86. The summed E-state index contributed by atoms with van der Waals surface area (Å²) in [6.07, 6.45) is 1.68. The number of methoxy groups -OCH3 is 1. The molecule has 88 valence electrons. The average molecular weight is 222 g/mol. The Balaban J connectivity index is 3.13. The minimum absolute atomic E-state index is 0.315. The number of carbonyl (C=O) groups excluding carboxylic acids is 1. The summed E-state index contributed by atoms with van der Waals surface area (Å²) in [5.41, 5.74) is 0.126. The van der Waals surface area contributed by atoms with Gasteiger partial charge >= 0.3 is 5.97 Å². The lowest BCUT2D eigenvalue weighted by Gasteiger charge is -2.20. The van der Waals surface area contributed by atoms with Crippen molar-refractivity contribution in [3.8, 4) is 0 Å². The van der Waals surface area contributed by atoms with E-state index in [4.69, 9.17) is 4.74 Å². The maximum atomic E-state index is 11.6. The van der Waals surface area contributed by atoms with Crippen LogP contribution in [-0.2, 0) is 14.9 Å². The first kappa shape index (κ1) is 12.6. The van der Waals surface area contributed by atoms with E-state index in [2.05, 4.69) is 23.8 Å². The Labute approximate surface area is 96.1 Å². The van der Waals surface area contributed by atoms with E-state index < -0.39 is 5.41 Å². The molecule has 4 nitrogen and oxygen atoms in total. The van der Waals surface area contributed by atoms with Crippen LogP contribution in [0, 0.1) is 0 Å². The van der Waals surface area contributed by atoms with Crippen LogP contribution in [0.1, 0.15) is 45.1 Å². The van der Waals surface area contributed by atoms with Gasteiger partial charge in [0.25, 0.3) is 0 Å². The predicted molar refractivity (Wildman–Crippen MR) is 61.2 cm³/mol. The lowest BCUT2D eigenvalue weighted by molar-refractivity contribution is -0.146. The molecule has 1 aromatic rings. The van der Waals surface area contributed by atoms with Crippen molar-refractivity contribution in [2.24, 2.45) is 0 Å². The smallest absolute Gasteiger partial charge is 0.318 e. The molecule has 1 heterocycles. The molecule has 0 aliphatic carbocycles. The van der Waals surface area contributed by atoms with E-state index in [0.29, 0.717) is 11.7 Å². The third-order valence-corrected chi connectivity index (χ3v) is 2.52. The van der Waals surface area contributed by atoms with Gasteiger partial charge in [-0.3, -0.25) is 4.79 Å². The maximum Gasteiger partial charge on any atom is 0.318 e. The van der Waals surface area contributed by atoms with Crippen LogP contribution >= 0.6 is 0 Å². The van der Waals surface area contributed by atoms with Crippen LogP contribution in [0.3, 0.4) is 0 Å². The molecule has 0 aliphatic rings. The minimum atomic E-state index is -0.806. The van der Waals surface area contributed by atoms with E-state index in [1.807, 2.05) is 6.07 Å². The molecule has 0 aliphatic heterocycles. The van der Waals surface area contributed by atoms with E-state index in [9.17, 15) is 4.79 Å². The van der Waals surface area contributed by atoms with Gasteiger partial charge in [0.05, 0.1) is 7.11 Å². The number of ether oxygens (including phenoxy) is 1. The maximum absolute atomic E-state index is 11.6. The molecule has 4 heteroatoms. The number of aromatic nitrogens is 2. The van der Waals surface area contributed by atoms with Crippen molar-refractivity contribution in [3.63, 3.8) is 0 Å². The number of hydrogen-bond donors (Lipinski definition) is 0. The topological polar surface area (TPSA) is 52.1 Å². The third-order valence-electron chi connectivity index (χ3n) is 2.52. The van der Waals surface area contributed by atoms with E-state index in [0.717, 1.165) is 5.69 Å². The average Bonchev–Trinajstić information content (AvgIpc) is 2.28. The number of rotatable bonds is 3. The molecular formula is C12H18N2O2. The van der Waals surface area contributed by atoms with Crippen molar-refractivity contribution in [1.82, 2.24) is 9.97 Å². The Kier molecular flexibility index (Phi) is 3.62. The molecule has 0 aromatic carbocycles. The predicted octanol–water partition coefficient (Wildman–Crippen LogP) is 2.05. The van der Waals surface area contributed by atoms with Gasteiger partial charge in [-0.15, -0.1) is 0 Å². The van der Waals surface area contributed by atoms with Crippen LogP contribution in [0.5, 0.6) is 0 Å². The molecule has 1 aromatic heterocycles. The van der Waals surface area contributed by atoms with Gasteiger partial charge in [-0.05, 0) is 25.8 Å². The van der Waals surface area contributed by atoms with Gasteiger partial charge in [-0.2, -0.15) is 0 Å². The molecule has 0 saturated heterocycles. The highest BCUT2D eigenvalue weighted by Gasteiger charge is 2.34. The molecule has 0 saturated carbocycles. The quantitative estimate of drug-likeness (QED) is 0.734. The summed E-state index contributed by atoms with van der Waals surface area (Å²) in [6.45, 7) is 7.63. The molecule has 0 spiro atoms. The van der Waals surface area contributed by atoms with Crippen LogP contribution < -0.4 is 0 Å². The molecule has 0 fully saturated rings. The Bertz CT molecular complexity index is 386. The first-order valence-electron chi connectivity index (χ1n) is 5.31. The molecule has 0 bridgehead atoms. The first-order valence-corrected chi connectivity index (χ1v) is 5.31. The lowest BCUT2D eigenvalue weighted by Crippen LogP contribution is -2.32. The minimum Gasteiger partial charge on any atom is -0.468 e. The van der Waals surface area contributed by atoms with Crippen molar-refractivity contribution < 1.29 is 9.53 Å². The fraction of sp³-hybridized carbons (Fsp3) is 0.583. The van der Waals surface area contributed by atoms with E-state index >= 15 is 0 Å². The highest BCUT2D eigenvalue weighted by Crippen LogP contribution is 2.22. The van der Waals surface area contributed by atoms with Crippen molar-refractivity contribution in [2.75, 3.05) is 7.11 Å². The van der Waals surface area contributed by atoms with E-state index in [-0.39, 0.29) is 5.97 Å². The lowest BCUT2D eigenvalue weighted by atomic mass is 9.92. The number of esters is 1. The zero-order valence-corrected chi connectivity index (χ0v) is 10.4. The fourth-order valence-electron chi connectivity index (χ4n) is 1.34. The monoisotopic (exact) mass is 222 g/mol. The molecule has 0 amide bonds. The molecule has 1 rings (SSSR count). The second kappa shape index (κ2) is 4.60. The highest BCUT2D eigenvalue weighted by atomic mass is 16.5. The van der Waals surface area contributed by atoms with Crippen LogP contribution in [0.15, 0.2) is 12.3 Å². The van der Waals surface area contributed by atoms with Crippen LogP contribution in [0.4, 0.5) is 0 Å².